The van der Waals surface area contributed by atoms with Crippen LogP contribution in [0.15, 0.2) is 48.6 Å². The van der Waals surface area contributed by atoms with Crippen LogP contribution in [-0.2, 0) is 28.6 Å². The molecule has 6 nitrogen and oxygen atoms in total. The SMILES string of the molecule is CCC/C=C\C/C=C\CCCCCCCC(=O)OC(COC(=O)CCCCCCCCC/C=C\C/C=C\CCCCC)COC(=O)CCCCCCCCCCCCC. The molecule has 0 rings (SSSR count). The minimum Gasteiger partial charge on any atom is -0.462 e. The fraction of sp³-hybridized carbons (Fsp3) is 0.792. The highest BCUT2D eigenvalue weighted by molar-refractivity contribution is 5.71. The molecule has 0 amide bonds. The lowest BCUT2D eigenvalue weighted by atomic mass is 10.1. The van der Waals surface area contributed by atoms with Crippen molar-refractivity contribution in [1.29, 1.82) is 0 Å². The van der Waals surface area contributed by atoms with E-state index in [9.17, 15) is 14.4 Å². The van der Waals surface area contributed by atoms with Gasteiger partial charge in [-0.3, -0.25) is 14.4 Å². The van der Waals surface area contributed by atoms with Gasteiger partial charge in [0, 0.05) is 19.3 Å². The predicted molar refractivity (Wildman–Crippen MR) is 252 cm³/mol. The topological polar surface area (TPSA) is 78.9 Å². The molecule has 0 aliphatic carbocycles. The molecule has 0 aliphatic heterocycles. The third-order valence-electron chi connectivity index (χ3n) is 10.8. The van der Waals surface area contributed by atoms with Gasteiger partial charge in [0.25, 0.3) is 0 Å². The van der Waals surface area contributed by atoms with Crippen LogP contribution in [-0.4, -0.2) is 37.2 Å². The summed E-state index contributed by atoms with van der Waals surface area (Å²) in [6.07, 6.45) is 56.6. The van der Waals surface area contributed by atoms with Crippen LogP contribution in [0.3, 0.4) is 0 Å². The van der Waals surface area contributed by atoms with Gasteiger partial charge in [-0.2, -0.15) is 0 Å². The molecule has 0 fully saturated rings. The Kier molecular flexibility index (Phi) is 45.9. The van der Waals surface area contributed by atoms with Gasteiger partial charge < -0.3 is 14.2 Å². The molecule has 0 heterocycles. The highest BCUT2D eigenvalue weighted by atomic mass is 16.6. The van der Waals surface area contributed by atoms with Crippen molar-refractivity contribution in [3.05, 3.63) is 48.6 Å². The first-order chi connectivity index (χ1) is 29.0. The second-order valence-electron chi connectivity index (χ2n) is 16.7. The van der Waals surface area contributed by atoms with Gasteiger partial charge in [0.05, 0.1) is 0 Å². The number of allylic oxidation sites excluding steroid dienone is 8. The summed E-state index contributed by atoms with van der Waals surface area (Å²) < 4.78 is 16.8. The molecule has 0 aromatic rings. The third kappa shape index (κ3) is 46.3. The number of esters is 3. The van der Waals surface area contributed by atoms with Crippen molar-refractivity contribution in [3.63, 3.8) is 0 Å². The molecular weight excluding hydrogens is 733 g/mol. The average Bonchev–Trinajstić information content (AvgIpc) is 3.23. The summed E-state index contributed by atoms with van der Waals surface area (Å²) in [5.74, 6) is -0.898. The predicted octanol–water partition coefficient (Wildman–Crippen LogP) is 16.3. The smallest absolute Gasteiger partial charge is 0.306 e. The molecule has 6 heteroatoms. The number of carbonyl (C=O) groups excluding carboxylic acids is 3. The molecule has 0 aromatic heterocycles. The highest BCUT2D eigenvalue weighted by Crippen LogP contribution is 2.15. The molecule has 342 valence electrons. The summed E-state index contributed by atoms with van der Waals surface area (Å²) in [6, 6.07) is 0. The van der Waals surface area contributed by atoms with Crippen LogP contribution in [0.5, 0.6) is 0 Å². The van der Waals surface area contributed by atoms with Gasteiger partial charge in [0.15, 0.2) is 6.10 Å². The first-order valence-corrected chi connectivity index (χ1v) is 25.1. The number of unbranched alkanes of at least 4 members (excludes halogenated alkanes) is 26. The zero-order valence-electron chi connectivity index (χ0n) is 39.0. The molecule has 0 radical (unpaired) electrons. The average molecular weight is 827 g/mol. The van der Waals surface area contributed by atoms with E-state index < -0.39 is 6.10 Å². The summed E-state index contributed by atoms with van der Waals surface area (Å²) in [7, 11) is 0. The van der Waals surface area contributed by atoms with Crippen molar-refractivity contribution < 1.29 is 28.6 Å². The lowest BCUT2D eigenvalue weighted by Crippen LogP contribution is -2.30. The number of ether oxygens (including phenoxy) is 3. The molecule has 0 bridgehead atoms. The quantitative estimate of drug-likeness (QED) is 0.0263. The standard InChI is InChI=1S/C53H94O6/c1-4-7-10-13-16-19-22-24-25-26-27-29-31-34-37-40-43-46-52(55)58-49-50(48-57-51(54)45-42-39-36-33-30-21-18-15-12-9-6-3)59-53(56)47-44-41-38-35-32-28-23-20-17-14-11-8-5-2/h11,14,16,19-20,23-25,50H,4-10,12-13,15,17-18,21-22,26-49H2,1-3H3/b14-11-,19-16-,23-20-,25-24-. The minimum absolute atomic E-state index is 0.0796. The number of hydrogen-bond acceptors (Lipinski definition) is 6. The zero-order chi connectivity index (χ0) is 43.0. The van der Waals surface area contributed by atoms with E-state index in [0.29, 0.717) is 19.3 Å². The second-order valence-corrected chi connectivity index (χ2v) is 16.7. The van der Waals surface area contributed by atoms with Gasteiger partial charge in [-0.25, -0.2) is 0 Å². The van der Waals surface area contributed by atoms with Crippen LogP contribution in [0, 0.1) is 0 Å². The van der Waals surface area contributed by atoms with Crippen molar-refractivity contribution in [2.75, 3.05) is 13.2 Å². The number of carbonyl (C=O) groups is 3. The minimum atomic E-state index is -0.779. The van der Waals surface area contributed by atoms with E-state index in [4.69, 9.17) is 14.2 Å². The highest BCUT2D eigenvalue weighted by Gasteiger charge is 2.19. The van der Waals surface area contributed by atoms with Crippen LogP contribution in [0.4, 0.5) is 0 Å². The zero-order valence-corrected chi connectivity index (χ0v) is 39.0. The maximum atomic E-state index is 12.8. The van der Waals surface area contributed by atoms with Gasteiger partial charge in [-0.15, -0.1) is 0 Å². The van der Waals surface area contributed by atoms with Crippen LogP contribution in [0.25, 0.3) is 0 Å². The van der Waals surface area contributed by atoms with Gasteiger partial charge in [-0.1, -0.05) is 204 Å². The van der Waals surface area contributed by atoms with Crippen molar-refractivity contribution in [1.82, 2.24) is 0 Å². The Labute approximate surface area is 365 Å². The van der Waals surface area contributed by atoms with E-state index in [2.05, 4.69) is 69.4 Å². The molecule has 0 aliphatic rings. The van der Waals surface area contributed by atoms with Gasteiger partial charge >= 0.3 is 17.9 Å². The Morgan fingerprint density at radius 2 is 0.644 bits per heavy atom. The van der Waals surface area contributed by atoms with Crippen molar-refractivity contribution in [3.8, 4) is 0 Å². The van der Waals surface area contributed by atoms with E-state index in [1.54, 1.807) is 0 Å². The van der Waals surface area contributed by atoms with Gasteiger partial charge in [0.1, 0.15) is 13.2 Å². The molecule has 0 N–H and O–H groups in total. The lowest BCUT2D eigenvalue weighted by molar-refractivity contribution is -0.167. The summed E-state index contributed by atoms with van der Waals surface area (Å²) in [4.78, 5) is 37.9. The molecule has 0 saturated heterocycles. The summed E-state index contributed by atoms with van der Waals surface area (Å²) in [5.41, 5.74) is 0. The Morgan fingerprint density at radius 1 is 0.339 bits per heavy atom. The molecule has 0 saturated carbocycles. The van der Waals surface area contributed by atoms with Crippen LogP contribution < -0.4 is 0 Å². The molecule has 0 spiro atoms. The van der Waals surface area contributed by atoms with E-state index in [1.165, 1.54) is 109 Å². The fourth-order valence-corrected chi connectivity index (χ4v) is 6.98. The number of rotatable bonds is 45. The Balaban J connectivity index is 4.37. The first-order valence-electron chi connectivity index (χ1n) is 25.1. The first kappa shape index (κ1) is 56.4. The lowest BCUT2D eigenvalue weighted by Gasteiger charge is -2.18. The summed E-state index contributed by atoms with van der Waals surface area (Å²) in [5, 5.41) is 0. The van der Waals surface area contributed by atoms with Crippen molar-refractivity contribution >= 4 is 17.9 Å². The summed E-state index contributed by atoms with van der Waals surface area (Å²) >= 11 is 0. The molecular formula is C53H94O6. The molecule has 59 heavy (non-hydrogen) atoms. The van der Waals surface area contributed by atoms with Crippen LogP contribution in [0.2, 0.25) is 0 Å². The second kappa shape index (κ2) is 48.0. The monoisotopic (exact) mass is 827 g/mol. The normalized spacial score (nSPS) is 12.4. The fourth-order valence-electron chi connectivity index (χ4n) is 6.98. The van der Waals surface area contributed by atoms with E-state index in [0.717, 1.165) is 103 Å². The molecule has 0 aromatic carbocycles. The van der Waals surface area contributed by atoms with E-state index in [1.807, 2.05) is 0 Å². The Hall–Kier alpha value is -2.63. The molecule has 1 unspecified atom stereocenters. The Morgan fingerprint density at radius 3 is 1.03 bits per heavy atom. The van der Waals surface area contributed by atoms with Crippen LogP contribution in [0.1, 0.15) is 252 Å². The largest absolute Gasteiger partial charge is 0.462 e. The Bertz CT molecular complexity index is 1040. The maximum absolute atomic E-state index is 12.8. The van der Waals surface area contributed by atoms with Crippen molar-refractivity contribution in [2.24, 2.45) is 0 Å². The number of hydrogen-bond donors (Lipinski definition) is 0. The third-order valence-corrected chi connectivity index (χ3v) is 10.8. The van der Waals surface area contributed by atoms with Gasteiger partial charge in [-0.05, 0) is 77.0 Å². The van der Waals surface area contributed by atoms with Gasteiger partial charge in [0.2, 0.25) is 0 Å². The van der Waals surface area contributed by atoms with E-state index >= 15 is 0 Å². The summed E-state index contributed by atoms with van der Waals surface area (Å²) in [6.45, 7) is 6.53. The van der Waals surface area contributed by atoms with Crippen molar-refractivity contribution in [2.45, 2.75) is 258 Å². The maximum Gasteiger partial charge on any atom is 0.306 e. The van der Waals surface area contributed by atoms with E-state index in [-0.39, 0.29) is 31.1 Å². The molecule has 1 atom stereocenters. The van der Waals surface area contributed by atoms with Crippen LogP contribution >= 0.6 is 0 Å².